The van der Waals surface area contributed by atoms with E-state index in [1.54, 1.807) is 12.3 Å². The summed E-state index contributed by atoms with van der Waals surface area (Å²) in [6.45, 7) is 0.452. The summed E-state index contributed by atoms with van der Waals surface area (Å²) in [6, 6.07) is 11.8. The number of hydrazine groups is 1. The third-order valence-electron chi connectivity index (χ3n) is 2.31. The van der Waals surface area contributed by atoms with Gasteiger partial charge in [-0.05, 0) is 42.0 Å². The maximum Gasteiger partial charge on any atom is 0.185 e. The van der Waals surface area contributed by atoms with Crippen LogP contribution in [0.4, 0.5) is 10.2 Å². The molecule has 4 nitrogen and oxygen atoms in total. The average Bonchev–Trinajstić information content (AvgIpc) is 2.44. The van der Waals surface area contributed by atoms with Gasteiger partial charge in [0.05, 0.1) is 0 Å². The number of nitrogens with one attached hydrogen (secondary N) is 3. The van der Waals surface area contributed by atoms with Gasteiger partial charge in [-0.25, -0.2) is 9.37 Å². The van der Waals surface area contributed by atoms with Gasteiger partial charge in [-0.15, -0.1) is 0 Å². The van der Waals surface area contributed by atoms with Crippen LogP contribution < -0.4 is 16.2 Å². The molecule has 0 aliphatic heterocycles. The first kappa shape index (κ1) is 13.2. The number of halogens is 1. The number of rotatable bonds is 4. The average molecular weight is 276 g/mol. The van der Waals surface area contributed by atoms with Crippen molar-refractivity contribution in [3.63, 3.8) is 0 Å². The Kier molecular flexibility index (Phi) is 4.63. The van der Waals surface area contributed by atoms with E-state index < -0.39 is 0 Å². The van der Waals surface area contributed by atoms with Crippen molar-refractivity contribution in [2.45, 2.75) is 6.54 Å². The second-order valence-electron chi connectivity index (χ2n) is 3.78. The summed E-state index contributed by atoms with van der Waals surface area (Å²) < 4.78 is 13.0. The molecule has 0 radical (unpaired) electrons. The van der Waals surface area contributed by atoms with Gasteiger partial charge in [0, 0.05) is 12.7 Å². The lowest BCUT2D eigenvalue weighted by atomic mass is 10.2. The number of pyridine rings is 1. The molecular weight excluding hydrogens is 263 g/mol. The summed E-state index contributed by atoms with van der Waals surface area (Å²) >= 11 is 5.08. The molecule has 6 heteroatoms. The van der Waals surface area contributed by atoms with E-state index in [4.69, 9.17) is 12.2 Å². The van der Waals surface area contributed by atoms with Crippen molar-refractivity contribution in [3.8, 4) is 0 Å². The monoisotopic (exact) mass is 276 g/mol. The minimum atomic E-state index is -0.259. The van der Waals surface area contributed by atoms with Crippen molar-refractivity contribution >= 4 is 23.1 Å². The van der Waals surface area contributed by atoms with Crippen LogP contribution in [0.25, 0.3) is 0 Å². The summed E-state index contributed by atoms with van der Waals surface area (Å²) in [5.41, 5.74) is 6.47. The van der Waals surface area contributed by atoms with Gasteiger partial charge in [-0.1, -0.05) is 18.2 Å². The van der Waals surface area contributed by atoms with Crippen molar-refractivity contribution in [2.24, 2.45) is 0 Å². The van der Waals surface area contributed by atoms with Gasteiger partial charge in [-0.3, -0.25) is 10.9 Å². The van der Waals surface area contributed by atoms with E-state index in [2.05, 4.69) is 21.2 Å². The first-order valence-electron chi connectivity index (χ1n) is 5.69. The highest BCUT2D eigenvalue weighted by Crippen LogP contribution is 2.02. The molecule has 3 N–H and O–H groups in total. The molecule has 0 unspecified atom stereocenters. The molecular formula is C13H13FN4S. The number of benzene rings is 1. The molecule has 2 rings (SSSR count). The van der Waals surface area contributed by atoms with Crippen LogP contribution in [0.15, 0.2) is 48.7 Å². The Morgan fingerprint density at radius 1 is 1.21 bits per heavy atom. The van der Waals surface area contributed by atoms with E-state index in [-0.39, 0.29) is 5.82 Å². The standard InChI is InChI=1S/C13H13FN4S/c14-11-5-3-4-10(8-11)9-16-13(19)18-17-12-6-1-2-7-15-12/h1-8H,9H2,(H,15,17)(H2,16,18,19). The Balaban J connectivity index is 1.76. The molecule has 2 aromatic rings. The zero-order valence-electron chi connectivity index (χ0n) is 10.1. The minimum Gasteiger partial charge on any atom is -0.357 e. The van der Waals surface area contributed by atoms with Crippen LogP contribution in [0, 0.1) is 5.82 Å². The summed E-state index contributed by atoms with van der Waals surface area (Å²) in [5, 5.41) is 3.37. The normalized spacial score (nSPS) is 9.74. The first-order valence-corrected chi connectivity index (χ1v) is 6.10. The van der Waals surface area contributed by atoms with E-state index in [0.29, 0.717) is 17.5 Å². The number of aromatic nitrogens is 1. The molecule has 19 heavy (non-hydrogen) atoms. The number of nitrogens with zero attached hydrogens (tertiary/aromatic N) is 1. The molecule has 0 fully saturated rings. The molecule has 0 aliphatic carbocycles. The second kappa shape index (κ2) is 6.65. The number of anilines is 1. The molecule has 0 bridgehead atoms. The van der Waals surface area contributed by atoms with E-state index >= 15 is 0 Å². The fourth-order valence-electron chi connectivity index (χ4n) is 1.43. The number of thiocarbonyl (C=S) groups is 1. The van der Waals surface area contributed by atoms with E-state index in [0.717, 1.165) is 5.56 Å². The fraction of sp³-hybridized carbons (Fsp3) is 0.0769. The molecule has 1 heterocycles. The molecule has 0 saturated heterocycles. The van der Waals surface area contributed by atoms with Gasteiger partial charge >= 0.3 is 0 Å². The van der Waals surface area contributed by atoms with Crippen LogP contribution in [-0.4, -0.2) is 10.1 Å². The van der Waals surface area contributed by atoms with Crippen molar-refractivity contribution in [2.75, 3.05) is 5.43 Å². The van der Waals surface area contributed by atoms with Gasteiger partial charge in [-0.2, -0.15) is 0 Å². The predicted octanol–water partition coefficient (Wildman–Crippen LogP) is 2.21. The van der Waals surface area contributed by atoms with Crippen molar-refractivity contribution in [1.29, 1.82) is 0 Å². The SMILES string of the molecule is Fc1cccc(CNC(=S)NNc2ccccn2)c1. The lowest BCUT2D eigenvalue weighted by Crippen LogP contribution is -2.38. The Morgan fingerprint density at radius 3 is 2.84 bits per heavy atom. The lowest BCUT2D eigenvalue weighted by Gasteiger charge is -2.11. The van der Waals surface area contributed by atoms with Gasteiger partial charge in [0.2, 0.25) is 0 Å². The third-order valence-corrected chi connectivity index (χ3v) is 2.56. The molecule has 1 aromatic heterocycles. The number of hydrogen-bond donors (Lipinski definition) is 3. The summed E-state index contributed by atoms with van der Waals surface area (Å²) in [7, 11) is 0. The molecule has 0 atom stereocenters. The van der Waals surface area contributed by atoms with Gasteiger partial charge in [0.25, 0.3) is 0 Å². The van der Waals surface area contributed by atoms with Gasteiger partial charge in [0.15, 0.2) is 5.11 Å². The highest BCUT2D eigenvalue weighted by Gasteiger charge is 1.98. The predicted molar refractivity (Wildman–Crippen MR) is 76.8 cm³/mol. The van der Waals surface area contributed by atoms with E-state index in [1.165, 1.54) is 12.1 Å². The Morgan fingerprint density at radius 2 is 2.11 bits per heavy atom. The van der Waals surface area contributed by atoms with E-state index in [1.807, 2.05) is 24.3 Å². The molecule has 1 aromatic carbocycles. The maximum absolute atomic E-state index is 13.0. The molecule has 0 aliphatic rings. The second-order valence-corrected chi connectivity index (χ2v) is 4.19. The van der Waals surface area contributed by atoms with Crippen LogP contribution in [-0.2, 0) is 6.54 Å². The van der Waals surface area contributed by atoms with Crippen molar-refractivity contribution < 1.29 is 4.39 Å². The van der Waals surface area contributed by atoms with Gasteiger partial charge < -0.3 is 5.32 Å². The topological polar surface area (TPSA) is 49.0 Å². The first-order chi connectivity index (χ1) is 9.24. The van der Waals surface area contributed by atoms with Crippen LogP contribution in [0.2, 0.25) is 0 Å². The van der Waals surface area contributed by atoms with Crippen molar-refractivity contribution in [3.05, 3.63) is 60.0 Å². The highest BCUT2D eigenvalue weighted by atomic mass is 32.1. The molecule has 98 valence electrons. The zero-order valence-corrected chi connectivity index (χ0v) is 10.9. The molecule has 0 saturated carbocycles. The van der Waals surface area contributed by atoms with Crippen LogP contribution in [0.1, 0.15) is 5.56 Å². The van der Waals surface area contributed by atoms with Crippen LogP contribution >= 0.6 is 12.2 Å². The van der Waals surface area contributed by atoms with Crippen LogP contribution in [0.5, 0.6) is 0 Å². The Bertz CT molecular complexity index is 547. The molecule has 0 spiro atoms. The Hall–Kier alpha value is -2.21. The highest BCUT2D eigenvalue weighted by molar-refractivity contribution is 7.80. The van der Waals surface area contributed by atoms with Crippen molar-refractivity contribution in [1.82, 2.24) is 15.7 Å². The summed E-state index contributed by atoms with van der Waals surface area (Å²) in [5.74, 6) is 0.405. The largest absolute Gasteiger partial charge is 0.357 e. The summed E-state index contributed by atoms with van der Waals surface area (Å²) in [4.78, 5) is 4.07. The lowest BCUT2D eigenvalue weighted by molar-refractivity contribution is 0.624. The quantitative estimate of drug-likeness (QED) is 0.590. The summed E-state index contributed by atoms with van der Waals surface area (Å²) in [6.07, 6.45) is 1.67. The fourth-order valence-corrected chi connectivity index (χ4v) is 1.55. The smallest absolute Gasteiger partial charge is 0.185 e. The minimum absolute atomic E-state index is 0.259. The third kappa shape index (κ3) is 4.51. The van der Waals surface area contributed by atoms with Crippen LogP contribution in [0.3, 0.4) is 0 Å². The Labute approximate surface area is 116 Å². The zero-order chi connectivity index (χ0) is 13.5. The maximum atomic E-state index is 13.0. The van der Waals surface area contributed by atoms with Gasteiger partial charge in [0.1, 0.15) is 11.6 Å². The number of hydrogen-bond acceptors (Lipinski definition) is 3. The molecule has 0 amide bonds. The van der Waals surface area contributed by atoms with E-state index in [9.17, 15) is 4.39 Å².